The molecule has 0 spiro atoms. The zero-order valence-electron chi connectivity index (χ0n) is 12.8. The average Bonchev–Trinajstić information content (AvgIpc) is 2.47. The Morgan fingerprint density at radius 3 is 2.68 bits per heavy atom. The van der Waals surface area contributed by atoms with E-state index in [-0.39, 0.29) is 5.75 Å². The Balaban J connectivity index is 2.39. The summed E-state index contributed by atoms with van der Waals surface area (Å²) in [6.07, 6.45) is 3.75. The van der Waals surface area contributed by atoms with Crippen molar-refractivity contribution in [3.63, 3.8) is 0 Å². The summed E-state index contributed by atoms with van der Waals surface area (Å²) < 4.78 is 31.6. The van der Waals surface area contributed by atoms with E-state index in [9.17, 15) is 8.42 Å². The van der Waals surface area contributed by atoms with Crippen molar-refractivity contribution in [1.29, 1.82) is 0 Å². The molecule has 0 saturated carbocycles. The Bertz CT molecular complexity index is 760. The van der Waals surface area contributed by atoms with Crippen molar-refractivity contribution in [2.24, 2.45) is 0 Å². The van der Waals surface area contributed by atoms with E-state index < -0.39 is 10.0 Å². The van der Waals surface area contributed by atoms with E-state index in [2.05, 4.69) is 14.7 Å². The smallest absolute Gasteiger partial charge is 0.232 e. The van der Waals surface area contributed by atoms with Crippen LogP contribution in [0.5, 0.6) is 5.75 Å². The standard InChI is InChI=1S/C15H19N3O3S/c1-4-7-22(19,20)18-12-5-6-13(15(8-12)21-3)14-9-16-10-17-11(14)2/h5-6,8-10,18H,4,7H2,1-3H3. The number of methoxy groups -OCH3 is 1. The molecule has 0 fully saturated rings. The van der Waals surface area contributed by atoms with Gasteiger partial charge in [-0.05, 0) is 25.5 Å². The predicted molar refractivity (Wildman–Crippen MR) is 86.5 cm³/mol. The van der Waals surface area contributed by atoms with Gasteiger partial charge in [0.2, 0.25) is 10.0 Å². The Labute approximate surface area is 130 Å². The number of benzene rings is 1. The van der Waals surface area contributed by atoms with Gasteiger partial charge in [-0.3, -0.25) is 4.72 Å². The quantitative estimate of drug-likeness (QED) is 0.884. The summed E-state index contributed by atoms with van der Waals surface area (Å²) in [7, 11) is -1.78. The van der Waals surface area contributed by atoms with Crippen LogP contribution >= 0.6 is 0 Å². The summed E-state index contributed by atoms with van der Waals surface area (Å²) in [6, 6.07) is 5.17. The SMILES string of the molecule is CCCS(=O)(=O)Nc1ccc(-c2cncnc2C)c(OC)c1. The third kappa shape index (κ3) is 3.73. The molecule has 0 radical (unpaired) electrons. The Morgan fingerprint density at radius 1 is 1.27 bits per heavy atom. The van der Waals surface area contributed by atoms with Crippen LogP contribution in [0.25, 0.3) is 11.1 Å². The van der Waals surface area contributed by atoms with Gasteiger partial charge in [-0.25, -0.2) is 18.4 Å². The second kappa shape index (κ2) is 6.74. The molecule has 0 aliphatic heterocycles. The van der Waals surface area contributed by atoms with Crippen LogP contribution in [0.4, 0.5) is 5.69 Å². The molecule has 0 unspecified atom stereocenters. The van der Waals surface area contributed by atoms with Crippen molar-refractivity contribution in [2.45, 2.75) is 20.3 Å². The van der Waals surface area contributed by atoms with E-state index in [0.29, 0.717) is 17.9 Å². The molecule has 2 rings (SSSR count). The zero-order chi connectivity index (χ0) is 16.2. The Morgan fingerprint density at radius 2 is 2.05 bits per heavy atom. The fourth-order valence-electron chi connectivity index (χ4n) is 2.13. The van der Waals surface area contributed by atoms with Crippen LogP contribution in [0.1, 0.15) is 19.0 Å². The minimum Gasteiger partial charge on any atom is -0.496 e. The van der Waals surface area contributed by atoms with Gasteiger partial charge in [0, 0.05) is 29.1 Å². The maximum absolute atomic E-state index is 11.8. The first-order chi connectivity index (χ1) is 10.5. The number of nitrogens with one attached hydrogen (secondary N) is 1. The van der Waals surface area contributed by atoms with E-state index in [1.54, 1.807) is 31.5 Å². The first-order valence-electron chi connectivity index (χ1n) is 6.92. The molecule has 1 heterocycles. The molecular formula is C15H19N3O3S. The largest absolute Gasteiger partial charge is 0.496 e. The fraction of sp³-hybridized carbons (Fsp3) is 0.333. The molecule has 1 N–H and O–H groups in total. The summed E-state index contributed by atoms with van der Waals surface area (Å²) in [6.45, 7) is 3.70. The van der Waals surface area contributed by atoms with Gasteiger partial charge in [-0.2, -0.15) is 0 Å². The summed E-state index contributed by atoms with van der Waals surface area (Å²) in [5.41, 5.74) is 2.97. The van der Waals surface area contributed by atoms with Gasteiger partial charge in [0.25, 0.3) is 0 Å². The number of hydrogen-bond donors (Lipinski definition) is 1. The van der Waals surface area contributed by atoms with Crippen molar-refractivity contribution < 1.29 is 13.2 Å². The van der Waals surface area contributed by atoms with Crippen molar-refractivity contribution >= 4 is 15.7 Å². The van der Waals surface area contributed by atoms with Gasteiger partial charge in [-0.1, -0.05) is 6.92 Å². The first kappa shape index (κ1) is 16.2. The number of aromatic nitrogens is 2. The molecular weight excluding hydrogens is 302 g/mol. The second-order valence-electron chi connectivity index (χ2n) is 4.86. The van der Waals surface area contributed by atoms with E-state index in [1.807, 2.05) is 13.8 Å². The summed E-state index contributed by atoms with van der Waals surface area (Å²) in [5, 5.41) is 0. The molecule has 0 saturated heterocycles. The molecule has 118 valence electrons. The minimum absolute atomic E-state index is 0.0860. The number of hydrogen-bond acceptors (Lipinski definition) is 5. The molecule has 0 atom stereocenters. The van der Waals surface area contributed by atoms with Gasteiger partial charge in [-0.15, -0.1) is 0 Å². The normalized spacial score (nSPS) is 11.2. The highest BCUT2D eigenvalue weighted by Gasteiger charge is 2.13. The van der Waals surface area contributed by atoms with Gasteiger partial charge in [0.1, 0.15) is 12.1 Å². The highest BCUT2D eigenvalue weighted by atomic mass is 32.2. The predicted octanol–water partition coefficient (Wildman–Crippen LogP) is 2.61. The molecule has 2 aromatic rings. The zero-order valence-corrected chi connectivity index (χ0v) is 13.6. The van der Waals surface area contributed by atoms with Crippen molar-refractivity contribution in [3.05, 3.63) is 36.4 Å². The lowest BCUT2D eigenvalue weighted by Gasteiger charge is -2.13. The number of sulfonamides is 1. The third-order valence-corrected chi connectivity index (χ3v) is 4.64. The molecule has 6 nitrogen and oxygen atoms in total. The molecule has 0 amide bonds. The van der Waals surface area contributed by atoms with Crippen LogP contribution in [-0.2, 0) is 10.0 Å². The van der Waals surface area contributed by atoms with Gasteiger partial charge >= 0.3 is 0 Å². The fourth-order valence-corrected chi connectivity index (χ4v) is 3.26. The molecule has 7 heteroatoms. The van der Waals surface area contributed by atoms with Crippen LogP contribution in [0.2, 0.25) is 0 Å². The van der Waals surface area contributed by atoms with Gasteiger partial charge in [0.05, 0.1) is 18.6 Å². The molecule has 1 aromatic heterocycles. The first-order valence-corrected chi connectivity index (χ1v) is 8.57. The minimum atomic E-state index is -3.33. The highest BCUT2D eigenvalue weighted by Crippen LogP contribution is 2.33. The monoisotopic (exact) mass is 321 g/mol. The topological polar surface area (TPSA) is 81.2 Å². The number of nitrogens with zero attached hydrogens (tertiary/aromatic N) is 2. The number of ether oxygens (including phenoxy) is 1. The summed E-state index contributed by atoms with van der Waals surface area (Å²) >= 11 is 0. The van der Waals surface area contributed by atoms with E-state index >= 15 is 0 Å². The number of rotatable bonds is 6. The van der Waals surface area contributed by atoms with Crippen LogP contribution in [-0.4, -0.2) is 31.2 Å². The maximum Gasteiger partial charge on any atom is 0.232 e. The highest BCUT2D eigenvalue weighted by molar-refractivity contribution is 7.92. The van der Waals surface area contributed by atoms with Gasteiger partial charge < -0.3 is 4.74 Å². The average molecular weight is 321 g/mol. The number of anilines is 1. The Kier molecular flexibility index (Phi) is 4.97. The van der Waals surface area contributed by atoms with Crippen molar-refractivity contribution in [2.75, 3.05) is 17.6 Å². The molecule has 22 heavy (non-hydrogen) atoms. The lowest BCUT2D eigenvalue weighted by molar-refractivity contribution is 0.416. The molecule has 0 bridgehead atoms. The van der Waals surface area contributed by atoms with Gasteiger partial charge in [0.15, 0.2) is 0 Å². The van der Waals surface area contributed by atoms with Crippen LogP contribution in [0, 0.1) is 6.92 Å². The number of aryl methyl sites for hydroxylation is 1. The molecule has 0 aliphatic carbocycles. The molecule has 1 aromatic carbocycles. The van der Waals surface area contributed by atoms with Crippen LogP contribution in [0.3, 0.4) is 0 Å². The maximum atomic E-state index is 11.8. The van der Waals surface area contributed by atoms with E-state index in [0.717, 1.165) is 16.8 Å². The Hall–Kier alpha value is -2.15. The van der Waals surface area contributed by atoms with E-state index in [4.69, 9.17) is 4.74 Å². The van der Waals surface area contributed by atoms with E-state index in [1.165, 1.54) is 6.33 Å². The molecule has 0 aliphatic rings. The lowest BCUT2D eigenvalue weighted by atomic mass is 10.0. The van der Waals surface area contributed by atoms with Crippen LogP contribution < -0.4 is 9.46 Å². The lowest BCUT2D eigenvalue weighted by Crippen LogP contribution is -2.16. The third-order valence-electron chi connectivity index (χ3n) is 3.15. The van der Waals surface area contributed by atoms with Crippen molar-refractivity contribution in [3.8, 4) is 16.9 Å². The van der Waals surface area contributed by atoms with Crippen molar-refractivity contribution in [1.82, 2.24) is 9.97 Å². The second-order valence-corrected chi connectivity index (χ2v) is 6.70. The summed E-state index contributed by atoms with van der Waals surface area (Å²) in [4.78, 5) is 8.18. The van der Waals surface area contributed by atoms with Crippen LogP contribution in [0.15, 0.2) is 30.7 Å². The summed E-state index contributed by atoms with van der Waals surface area (Å²) in [5.74, 6) is 0.650.